The van der Waals surface area contributed by atoms with E-state index in [0.29, 0.717) is 17.8 Å². The van der Waals surface area contributed by atoms with Gasteiger partial charge in [-0.15, -0.1) is 0 Å². The molecule has 1 heterocycles. The third-order valence-electron chi connectivity index (χ3n) is 3.83. The van der Waals surface area contributed by atoms with Gasteiger partial charge in [0.1, 0.15) is 5.82 Å². The van der Waals surface area contributed by atoms with Crippen molar-refractivity contribution in [1.29, 1.82) is 0 Å². The van der Waals surface area contributed by atoms with Crippen LogP contribution in [0.5, 0.6) is 0 Å². The summed E-state index contributed by atoms with van der Waals surface area (Å²) >= 11 is 0. The van der Waals surface area contributed by atoms with Gasteiger partial charge in [-0.05, 0) is 43.5 Å². The molecule has 0 aliphatic carbocycles. The Morgan fingerprint density at radius 1 is 1.55 bits per heavy atom. The monoisotopic (exact) mass is 280 g/mol. The Morgan fingerprint density at radius 2 is 2.30 bits per heavy atom. The van der Waals surface area contributed by atoms with Crippen LogP contribution in [-0.2, 0) is 4.79 Å². The minimum absolute atomic E-state index is 0.185. The molecule has 1 aromatic rings. The number of β-amino-alcohol motifs (C(OH)–C–C–N with tert-alkyl or cyclic N) is 1. The average molecular weight is 280 g/mol. The molecule has 0 spiro atoms. The number of rotatable bonds is 3. The van der Waals surface area contributed by atoms with E-state index in [1.807, 2.05) is 11.8 Å². The highest BCUT2D eigenvalue weighted by Gasteiger charge is 2.25. The summed E-state index contributed by atoms with van der Waals surface area (Å²) in [7, 11) is 0. The third kappa shape index (κ3) is 3.77. The van der Waals surface area contributed by atoms with E-state index in [1.54, 1.807) is 19.1 Å². The van der Waals surface area contributed by atoms with Crippen molar-refractivity contribution < 1.29 is 14.3 Å². The summed E-state index contributed by atoms with van der Waals surface area (Å²) in [6.45, 7) is 5.22. The van der Waals surface area contributed by atoms with Gasteiger partial charge in [-0.25, -0.2) is 4.39 Å². The van der Waals surface area contributed by atoms with Crippen molar-refractivity contribution in [2.24, 2.45) is 5.92 Å². The molecule has 0 bridgehead atoms. The molecule has 2 unspecified atom stereocenters. The largest absolute Gasteiger partial charge is 0.392 e. The minimum Gasteiger partial charge on any atom is -0.392 e. The smallest absolute Gasteiger partial charge is 0.238 e. The van der Waals surface area contributed by atoms with E-state index in [0.717, 1.165) is 13.0 Å². The summed E-state index contributed by atoms with van der Waals surface area (Å²) in [5.74, 6) is -0.236. The molecule has 1 saturated heterocycles. The second-order valence-electron chi connectivity index (χ2n) is 5.58. The lowest BCUT2D eigenvalue weighted by Gasteiger charge is -2.33. The third-order valence-corrected chi connectivity index (χ3v) is 3.83. The minimum atomic E-state index is -0.381. The number of halogens is 1. The number of aliphatic hydroxyl groups is 1. The standard InChI is InChI=1S/C15H21FN2O2/c1-10-3-4-12(7-13(10)16)17-15(20)9-18-6-5-11(2)14(19)8-18/h3-4,7,11,14,19H,5-6,8-9H2,1-2H3,(H,17,20). The number of piperidine rings is 1. The van der Waals surface area contributed by atoms with E-state index >= 15 is 0 Å². The number of likely N-dealkylation sites (tertiary alicyclic amines) is 1. The first-order chi connectivity index (χ1) is 9.45. The maximum atomic E-state index is 13.4. The number of aliphatic hydroxyl groups excluding tert-OH is 1. The molecule has 0 radical (unpaired) electrons. The quantitative estimate of drug-likeness (QED) is 0.887. The Bertz CT molecular complexity index is 493. The van der Waals surface area contributed by atoms with Crippen LogP contribution in [0.25, 0.3) is 0 Å². The molecule has 1 aromatic carbocycles. The second-order valence-corrected chi connectivity index (χ2v) is 5.58. The van der Waals surface area contributed by atoms with Crippen LogP contribution < -0.4 is 5.32 Å². The number of carbonyl (C=O) groups excluding carboxylic acids is 1. The van der Waals surface area contributed by atoms with Crippen molar-refractivity contribution in [3.63, 3.8) is 0 Å². The van der Waals surface area contributed by atoms with Crippen LogP contribution in [-0.4, -0.2) is 41.7 Å². The highest BCUT2D eigenvalue weighted by Crippen LogP contribution is 2.17. The van der Waals surface area contributed by atoms with Gasteiger partial charge in [0, 0.05) is 12.2 Å². The topological polar surface area (TPSA) is 52.6 Å². The van der Waals surface area contributed by atoms with Crippen LogP contribution in [0.4, 0.5) is 10.1 Å². The number of hydrogen-bond acceptors (Lipinski definition) is 3. The summed E-state index contributed by atoms with van der Waals surface area (Å²) in [6, 6.07) is 4.64. The van der Waals surface area contributed by atoms with Crippen LogP contribution in [0.3, 0.4) is 0 Å². The van der Waals surface area contributed by atoms with Gasteiger partial charge in [0.05, 0.1) is 12.6 Å². The summed E-state index contributed by atoms with van der Waals surface area (Å²) in [6.07, 6.45) is 0.501. The first-order valence-corrected chi connectivity index (χ1v) is 6.92. The van der Waals surface area contributed by atoms with E-state index in [4.69, 9.17) is 0 Å². The molecule has 1 aliphatic heterocycles. The molecule has 5 heteroatoms. The Balaban J connectivity index is 1.87. The molecular formula is C15H21FN2O2. The SMILES string of the molecule is Cc1ccc(NC(=O)CN2CCC(C)C(O)C2)cc1F. The lowest BCUT2D eigenvalue weighted by Crippen LogP contribution is -2.45. The van der Waals surface area contributed by atoms with Gasteiger partial charge in [0.15, 0.2) is 0 Å². The Hall–Kier alpha value is -1.46. The molecule has 2 rings (SSSR count). The summed E-state index contributed by atoms with van der Waals surface area (Å²) in [5.41, 5.74) is 1.01. The van der Waals surface area contributed by atoms with E-state index in [2.05, 4.69) is 5.32 Å². The maximum Gasteiger partial charge on any atom is 0.238 e. The molecule has 20 heavy (non-hydrogen) atoms. The van der Waals surface area contributed by atoms with Gasteiger partial charge in [-0.2, -0.15) is 0 Å². The Labute approximate surface area is 118 Å². The molecule has 1 fully saturated rings. The molecule has 0 aromatic heterocycles. The Morgan fingerprint density at radius 3 is 2.95 bits per heavy atom. The van der Waals surface area contributed by atoms with Crippen molar-refractivity contribution in [1.82, 2.24) is 4.90 Å². The van der Waals surface area contributed by atoms with E-state index < -0.39 is 0 Å². The molecule has 0 saturated carbocycles. The molecular weight excluding hydrogens is 259 g/mol. The number of carbonyl (C=O) groups is 1. The number of amides is 1. The first kappa shape index (κ1) is 14.9. The lowest BCUT2D eigenvalue weighted by molar-refractivity contribution is -0.118. The fraction of sp³-hybridized carbons (Fsp3) is 0.533. The highest BCUT2D eigenvalue weighted by atomic mass is 19.1. The van der Waals surface area contributed by atoms with Crippen molar-refractivity contribution in [3.8, 4) is 0 Å². The van der Waals surface area contributed by atoms with Gasteiger partial charge in [0.2, 0.25) is 5.91 Å². The van der Waals surface area contributed by atoms with E-state index in [-0.39, 0.29) is 30.3 Å². The van der Waals surface area contributed by atoms with Gasteiger partial charge in [-0.1, -0.05) is 13.0 Å². The number of nitrogens with one attached hydrogen (secondary N) is 1. The fourth-order valence-electron chi connectivity index (χ4n) is 2.33. The summed E-state index contributed by atoms with van der Waals surface area (Å²) in [5, 5.41) is 12.5. The summed E-state index contributed by atoms with van der Waals surface area (Å²) in [4.78, 5) is 13.8. The fourth-order valence-corrected chi connectivity index (χ4v) is 2.33. The Kier molecular flexibility index (Phi) is 4.73. The zero-order valence-electron chi connectivity index (χ0n) is 11.9. The van der Waals surface area contributed by atoms with Crippen LogP contribution in [0.2, 0.25) is 0 Å². The molecule has 110 valence electrons. The van der Waals surface area contributed by atoms with Gasteiger partial charge >= 0.3 is 0 Å². The van der Waals surface area contributed by atoms with Crippen LogP contribution >= 0.6 is 0 Å². The van der Waals surface area contributed by atoms with Gasteiger partial charge in [-0.3, -0.25) is 9.69 Å². The second kappa shape index (κ2) is 6.33. The van der Waals surface area contributed by atoms with Gasteiger partial charge < -0.3 is 10.4 Å². The van der Waals surface area contributed by atoms with E-state index in [9.17, 15) is 14.3 Å². The first-order valence-electron chi connectivity index (χ1n) is 6.92. The zero-order valence-corrected chi connectivity index (χ0v) is 11.9. The van der Waals surface area contributed by atoms with E-state index in [1.165, 1.54) is 6.07 Å². The van der Waals surface area contributed by atoms with Crippen molar-refractivity contribution >= 4 is 11.6 Å². The number of anilines is 1. The molecule has 4 nitrogen and oxygen atoms in total. The highest BCUT2D eigenvalue weighted by molar-refractivity contribution is 5.92. The van der Waals surface area contributed by atoms with Crippen LogP contribution in [0.1, 0.15) is 18.9 Å². The molecule has 1 amide bonds. The van der Waals surface area contributed by atoms with Crippen molar-refractivity contribution in [2.45, 2.75) is 26.4 Å². The average Bonchev–Trinajstić information content (AvgIpc) is 2.38. The van der Waals surface area contributed by atoms with Crippen molar-refractivity contribution in [3.05, 3.63) is 29.6 Å². The summed E-state index contributed by atoms with van der Waals surface area (Å²) < 4.78 is 13.4. The maximum absolute atomic E-state index is 13.4. The number of benzene rings is 1. The van der Waals surface area contributed by atoms with Crippen LogP contribution in [0.15, 0.2) is 18.2 Å². The van der Waals surface area contributed by atoms with Crippen LogP contribution in [0, 0.1) is 18.7 Å². The van der Waals surface area contributed by atoms with Crippen molar-refractivity contribution in [2.75, 3.05) is 25.0 Å². The number of hydrogen-bond donors (Lipinski definition) is 2. The normalized spacial score (nSPS) is 23.6. The van der Waals surface area contributed by atoms with Gasteiger partial charge in [0.25, 0.3) is 0 Å². The lowest BCUT2D eigenvalue weighted by atomic mass is 9.96. The number of aryl methyl sites for hydroxylation is 1. The number of nitrogens with zero attached hydrogens (tertiary/aromatic N) is 1. The predicted molar refractivity (Wildman–Crippen MR) is 76.0 cm³/mol. The molecule has 2 atom stereocenters. The molecule has 2 N–H and O–H groups in total. The zero-order chi connectivity index (χ0) is 14.7. The predicted octanol–water partition coefficient (Wildman–Crippen LogP) is 1.78. The molecule has 1 aliphatic rings.